The van der Waals surface area contributed by atoms with E-state index in [0.717, 1.165) is 24.0 Å². The lowest BCUT2D eigenvalue weighted by molar-refractivity contribution is 0.398. The van der Waals surface area contributed by atoms with Gasteiger partial charge in [0.25, 0.3) is 0 Å². The molecular formula is C12H16N4O. The van der Waals surface area contributed by atoms with E-state index in [9.17, 15) is 0 Å². The van der Waals surface area contributed by atoms with E-state index in [1.165, 1.54) is 12.8 Å². The molecule has 0 unspecified atom stereocenters. The fourth-order valence-electron chi connectivity index (χ4n) is 2.61. The Hall–Kier alpha value is -1.78. The molecule has 1 aliphatic rings. The zero-order chi connectivity index (χ0) is 11.8. The number of imidazole rings is 1. The van der Waals surface area contributed by atoms with Gasteiger partial charge in [-0.2, -0.15) is 4.98 Å². The first-order valence-corrected chi connectivity index (χ1v) is 5.98. The number of ether oxygens (including phenoxy) is 1. The van der Waals surface area contributed by atoms with Crippen molar-refractivity contribution in [2.24, 2.45) is 0 Å². The molecule has 0 aromatic carbocycles. The summed E-state index contributed by atoms with van der Waals surface area (Å²) < 4.78 is 7.22. The number of pyridine rings is 1. The van der Waals surface area contributed by atoms with Crippen molar-refractivity contribution in [2.45, 2.75) is 31.7 Å². The first kappa shape index (κ1) is 10.4. The van der Waals surface area contributed by atoms with E-state index < -0.39 is 0 Å². The molecule has 0 radical (unpaired) electrons. The van der Waals surface area contributed by atoms with Crippen molar-refractivity contribution in [1.29, 1.82) is 0 Å². The molecular weight excluding hydrogens is 216 g/mol. The molecule has 5 nitrogen and oxygen atoms in total. The summed E-state index contributed by atoms with van der Waals surface area (Å²) in [7, 11) is 1.62. The summed E-state index contributed by atoms with van der Waals surface area (Å²) in [6, 6.07) is 4.16. The first-order valence-electron chi connectivity index (χ1n) is 5.98. The number of methoxy groups -OCH3 is 1. The fourth-order valence-corrected chi connectivity index (χ4v) is 2.61. The van der Waals surface area contributed by atoms with Crippen LogP contribution < -0.4 is 10.5 Å². The second-order valence-electron chi connectivity index (χ2n) is 4.47. The Balaban J connectivity index is 2.17. The van der Waals surface area contributed by atoms with Crippen LogP contribution in [0.5, 0.6) is 5.88 Å². The highest BCUT2D eigenvalue weighted by molar-refractivity contribution is 5.75. The van der Waals surface area contributed by atoms with Gasteiger partial charge in [0.1, 0.15) is 5.52 Å². The topological polar surface area (TPSA) is 66.0 Å². The summed E-state index contributed by atoms with van der Waals surface area (Å²) >= 11 is 0. The van der Waals surface area contributed by atoms with Crippen LogP contribution in [-0.2, 0) is 0 Å². The first-order chi connectivity index (χ1) is 8.29. The molecule has 2 N–H and O–H groups in total. The molecule has 1 aliphatic carbocycles. The Morgan fingerprint density at radius 2 is 2.06 bits per heavy atom. The summed E-state index contributed by atoms with van der Waals surface area (Å²) in [6.45, 7) is 0. The number of nitrogens with two attached hydrogens (primary N) is 1. The summed E-state index contributed by atoms with van der Waals surface area (Å²) in [5.74, 6) is 1.17. The number of aromatic nitrogens is 3. The molecule has 5 heteroatoms. The minimum Gasteiger partial charge on any atom is -0.481 e. The van der Waals surface area contributed by atoms with Gasteiger partial charge in [-0.3, -0.25) is 4.57 Å². The van der Waals surface area contributed by atoms with Gasteiger partial charge in [-0.25, -0.2) is 4.98 Å². The molecule has 0 atom stereocenters. The number of rotatable bonds is 2. The maximum atomic E-state index is 6.00. The van der Waals surface area contributed by atoms with Crippen LogP contribution in [0.25, 0.3) is 11.2 Å². The van der Waals surface area contributed by atoms with Gasteiger partial charge in [-0.05, 0) is 18.9 Å². The Bertz CT molecular complexity index is 543. The highest BCUT2D eigenvalue weighted by Crippen LogP contribution is 2.34. The quantitative estimate of drug-likeness (QED) is 0.861. The van der Waals surface area contributed by atoms with Crippen molar-refractivity contribution in [2.75, 3.05) is 12.8 Å². The highest BCUT2D eigenvalue weighted by atomic mass is 16.5. The van der Waals surface area contributed by atoms with Gasteiger partial charge in [-0.15, -0.1) is 0 Å². The number of nitrogen functional groups attached to an aromatic ring is 1. The molecule has 0 bridgehead atoms. The van der Waals surface area contributed by atoms with Crippen LogP contribution >= 0.6 is 0 Å². The van der Waals surface area contributed by atoms with Crippen LogP contribution in [0, 0.1) is 0 Å². The molecule has 2 heterocycles. The van der Waals surface area contributed by atoms with Crippen molar-refractivity contribution in [1.82, 2.24) is 14.5 Å². The molecule has 1 saturated carbocycles. The van der Waals surface area contributed by atoms with Crippen LogP contribution in [0.4, 0.5) is 5.95 Å². The van der Waals surface area contributed by atoms with Crippen LogP contribution in [0.2, 0.25) is 0 Å². The average Bonchev–Trinajstić information content (AvgIpc) is 2.93. The molecule has 17 heavy (non-hydrogen) atoms. The van der Waals surface area contributed by atoms with Crippen LogP contribution in [0.1, 0.15) is 31.7 Å². The maximum absolute atomic E-state index is 6.00. The molecule has 1 fully saturated rings. The molecule has 0 spiro atoms. The van der Waals surface area contributed by atoms with Crippen molar-refractivity contribution in [3.05, 3.63) is 12.1 Å². The standard InChI is InChI=1S/C12H16N4O/c1-17-10-7-6-9-11(15-10)16(12(13)14-9)8-4-2-3-5-8/h6-8H,2-5H2,1H3,(H2,13,14). The zero-order valence-electron chi connectivity index (χ0n) is 9.89. The summed E-state index contributed by atoms with van der Waals surface area (Å²) in [4.78, 5) is 8.81. The molecule has 2 aromatic heterocycles. The lowest BCUT2D eigenvalue weighted by Crippen LogP contribution is -2.09. The van der Waals surface area contributed by atoms with Gasteiger partial charge in [0, 0.05) is 12.1 Å². The fraction of sp³-hybridized carbons (Fsp3) is 0.500. The molecule has 0 amide bonds. The Morgan fingerprint density at radius 1 is 1.29 bits per heavy atom. The van der Waals surface area contributed by atoms with Crippen molar-refractivity contribution in [3.63, 3.8) is 0 Å². The number of hydrogen-bond acceptors (Lipinski definition) is 4. The SMILES string of the molecule is COc1ccc2nc(N)n(C3CCCC3)c2n1. The van der Waals surface area contributed by atoms with Gasteiger partial charge in [0.05, 0.1) is 7.11 Å². The van der Waals surface area contributed by atoms with E-state index in [1.54, 1.807) is 7.11 Å². The number of anilines is 1. The molecule has 3 rings (SSSR count). The Labute approximate surface area is 99.6 Å². The lowest BCUT2D eigenvalue weighted by atomic mass is 10.2. The minimum absolute atomic E-state index is 0.444. The smallest absolute Gasteiger partial charge is 0.215 e. The third kappa shape index (κ3) is 1.62. The van der Waals surface area contributed by atoms with E-state index in [4.69, 9.17) is 10.5 Å². The second-order valence-corrected chi connectivity index (χ2v) is 4.47. The van der Waals surface area contributed by atoms with E-state index >= 15 is 0 Å². The predicted molar refractivity (Wildman–Crippen MR) is 66.0 cm³/mol. The number of nitrogens with zero attached hydrogens (tertiary/aromatic N) is 3. The van der Waals surface area contributed by atoms with Crippen molar-refractivity contribution < 1.29 is 4.74 Å². The van der Waals surface area contributed by atoms with E-state index in [1.807, 2.05) is 12.1 Å². The van der Waals surface area contributed by atoms with Gasteiger partial charge in [-0.1, -0.05) is 12.8 Å². The Morgan fingerprint density at radius 3 is 2.76 bits per heavy atom. The summed E-state index contributed by atoms with van der Waals surface area (Å²) in [5.41, 5.74) is 7.68. The molecule has 0 saturated heterocycles. The molecule has 2 aromatic rings. The van der Waals surface area contributed by atoms with Crippen LogP contribution in [-0.4, -0.2) is 21.6 Å². The summed E-state index contributed by atoms with van der Waals surface area (Å²) in [5, 5.41) is 0. The van der Waals surface area contributed by atoms with Crippen molar-refractivity contribution in [3.8, 4) is 5.88 Å². The number of fused-ring (bicyclic) bond motifs is 1. The normalized spacial score (nSPS) is 16.8. The molecule has 90 valence electrons. The third-order valence-corrected chi connectivity index (χ3v) is 3.44. The minimum atomic E-state index is 0.444. The van der Waals surface area contributed by atoms with Gasteiger partial charge >= 0.3 is 0 Å². The molecule has 0 aliphatic heterocycles. The number of hydrogen-bond donors (Lipinski definition) is 1. The van der Waals surface area contributed by atoms with E-state index in [2.05, 4.69) is 14.5 Å². The Kier molecular flexibility index (Phi) is 2.39. The van der Waals surface area contributed by atoms with Crippen LogP contribution in [0.15, 0.2) is 12.1 Å². The largest absolute Gasteiger partial charge is 0.481 e. The van der Waals surface area contributed by atoms with E-state index in [-0.39, 0.29) is 0 Å². The van der Waals surface area contributed by atoms with Gasteiger partial charge in [0.2, 0.25) is 11.8 Å². The summed E-state index contributed by atoms with van der Waals surface area (Å²) in [6.07, 6.45) is 4.84. The van der Waals surface area contributed by atoms with Crippen molar-refractivity contribution >= 4 is 17.1 Å². The third-order valence-electron chi connectivity index (χ3n) is 3.44. The van der Waals surface area contributed by atoms with E-state index in [0.29, 0.717) is 17.9 Å². The zero-order valence-corrected chi connectivity index (χ0v) is 9.89. The lowest BCUT2D eigenvalue weighted by Gasteiger charge is -2.13. The van der Waals surface area contributed by atoms with Gasteiger partial charge in [0.15, 0.2) is 5.65 Å². The predicted octanol–water partition coefficient (Wildman–Crippen LogP) is 2.14. The average molecular weight is 232 g/mol. The van der Waals surface area contributed by atoms with Gasteiger partial charge < -0.3 is 10.5 Å². The van der Waals surface area contributed by atoms with Crippen LogP contribution in [0.3, 0.4) is 0 Å². The second kappa shape index (κ2) is 3.91. The monoisotopic (exact) mass is 232 g/mol. The highest BCUT2D eigenvalue weighted by Gasteiger charge is 2.22. The maximum Gasteiger partial charge on any atom is 0.215 e.